The maximum absolute atomic E-state index is 14.3. The van der Waals surface area contributed by atoms with Crippen molar-refractivity contribution in [1.82, 2.24) is 15.5 Å². The molecule has 0 saturated carbocycles. The Balaban J connectivity index is 2.60. The molecule has 3 amide bonds. The summed E-state index contributed by atoms with van der Waals surface area (Å²) in [4.78, 5) is 56.2. The lowest BCUT2D eigenvalue weighted by molar-refractivity contribution is -0.159. The van der Waals surface area contributed by atoms with Crippen molar-refractivity contribution in [3.8, 4) is 5.75 Å². The van der Waals surface area contributed by atoms with Crippen LogP contribution in [-0.4, -0.2) is 63.7 Å². The van der Waals surface area contributed by atoms with E-state index in [1.807, 2.05) is 37.3 Å². The molecule has 0 aromatic heterocycles. The molecule has 0 bridgehead atoms. The number of hydrogen-bond acceptors (Lipinski definition) is 7. The fourth-order valence-corrected chi connectivity index (χ4v) is 4.66. The molecule has 45 heavy (non-hydrogen) atoms. The van der Waals surface area contributed by atoms with Gasteiger partial charge in [-0.05, 0) is 65.5 Å². The number of aromatic hydroxyl groups is 1. The van der Waals surface area contributed by atoms with Gasteiger partial charge in [-0.15, -0.1) is 0 Å². The van der Waals surface area contributed by atoms with Crippen LogP contribution in [0.15, 0.2) is 54.6 Å². The van der Waals surface area contributed by atoms with Gasteiger partial charge < -0.3 is 30.1 Å². The molecule has 0 aliphatic heterocycles. The second kappa shape index (κ2) is 16.3. The smallest absolute Gasteiger partial charge is 0.408 e. The van der Waals surface area contributed by atoms with E-state index in [0.29, 0.717) is 12.8 Å². The van der Waals surface area contributed by atoms with Gasteiger partial charge in [-0.2, -0.15) is 0 Å². The molecule has 2 rings (SSSR count). The third-order valence-electron chi connectivity index (χ3n) is 6.72. The molecule has 0 aliphatic carbocycles. The van der Waals surface area contributed by atoms with Gasteiger partial charge in [-0.3, -0.25) is 9.59 Å². The first kappa shape index (κ1) is 37.1. The van der Waals surface area contributed by atoms with E-state index in [0.717, 1.165) is 5.56 Å². The summed E-state index contributed by atoms with van der Waals surface area (Å²) in [6.07, 6.45) is 0.632. The van der Waals surface area contributed by atoms with Crippen molar-refractivity contribution in [3.63, 3.8) is 0 Å². The van der Waals surface area contributed by atoms with Gasteiger partial charge in [0.25, 0.3) is 0 Å². The monoisotopic (exact) mass is 625 g/mol. The zero-order valence-electron chi connectivity index (χ0n) is 28.2. The standard InChI is InChI=1S/C35H51N3O7/c1-10-11-21-38(31(41)28(23(2)3)37-33(43)45-35(7,8)9)29(25-19-15-16-20-27(25)39)30(40)36-26(32(42)44-34(4,5)6)22-24-17-13-12-14-18-24/h12-20,23,26,28-29,39H,10-11,21-22H2,1-9H3,(H,36,40)(H,37,43). The summed E-state index contributed by atoms with van der Waals surface area (Å²) in [5, 5.41) is 16.5. The molecule has 0 saturated heterocycles. The number of nitrogens with one attached hydrogen (secondary N) is 2. The van der Waals surface area contributed by atoms with Gasteiger partial charge in [0, 0.05) is 18.5 Å². The Morgan fingerprint density at radius 1 is 0.844 bits per heavy atom. The van der Waals surface area contributed by atoms with Crippen LogP contribution in [0.5, 0.6) is 5.75 Å². The highest BCUT2D eigenvalue weighted by molar-refractivity contribution is 5.94. The van der Waals surface area contributed by atoms with Crippen LogP contribution in [0.3, 0.4) is 0 Å². The van der Waals surface area contributed by atoms with Crippen LogP contribution in [0.25, 0.3) is 0 Å². The lowest BCUT2D eigenvalue weighted by Gasteiger charge is -2.36. The molecule has 248 valence electrons. The number of ether oxygens (including phenoxy) is 2. The fourth-order valence-electron chi connectivity index (χ4n) is 4.66. The molecule has 3 unspecified atom stereocenters. The highest BCUT2D eigenvalue weighted by atomic mass is 16.6. The Labute approximate surface area is 267 Å². The average molecular weight is 626 g/mol. The van der Waals surface area contributed by atoms with Crippen molar-refractivity contribution in [2.24, 2.45) is 5.92 Å². The van der Waals surface area contributed by atoms with Crippen LogP contribution in [0.2, 0.25) is 0 Å². The SMILES string of the molecule is CCCCN(C(=O)C(NC(=O)OC(C)(C)C)C(C)C)C(C(=O)NC(Cc1ccccc1)C(=O)OC(C)(C)C)c1ccccc1O. The number of para-hydroxylation sites is 1. The van der Waals surface area contributed by atoms with Crippen molar-refractivity contribution in [2.45, 2.75) is 111 Å². The van der Waals surface area contributed by atoms with Gasteiger partial charge in [0.15, 0.2) is 0 Å². The summed E-state index contributed by atoms with van der Waals surface area (Å²) in [5.74, 6) is -2.38. The number of unbranched alkanes of at least 4 members (excludes halogenated alkanes) is 1. The van der Waals surface area contributed by atoms with Crippen molar-refractivity contribution in [3.05, 3.63) is 65.7 Å². The number of benzene rings is 2. The van der Waals surface area contributed by atoms with E-state index in [1.165, 1.54) is 11.0 Å². The van der Waals surface area contributed by atoms with E-state index in [4.69, 9.17) is 9.47 Å². The number of phenols is 1. The summed E-state index contributed by atoms with van der Waals surface area (Å²) >= 11 is 0. The minimum absolute atomic E-state index is 0.146. The maximum Gasteiger partial charge on any atom is 0.408 e. The largest absolute Gasteiger partial charge is 0.508 e. The molecule has 3 N–H and O–H groups in total. The minimum Gasteiger partial charge on any atom is -0.508 e. The summed E-state index contributed by atoms with van der Waals surface area (Å²) in [7, 11) is 0. The van der Waals surface area contributed by atoms with Gasteiger partial charge in [0.2, 0.25) is 11.8 Å². The van der Waals surface area contributed by atoms with E-state index < -0.39 is 53.2 Å². The first-order valence-corrected chi connectivity index (χ1v) is 15.6. The van der Waals surface area contributed by atoms with Crippen molar-refractivity contribution < 1.29 is 33.8 Å². The predicted octanol–water partition coefficient (Wildman–Crippen LogP) is 5.68. The normalized spacial score (nSPS) is 13.7. The van der Waals surface area contributed by atoms with Crippen LogP contribution in [0.4, 0.5) is 4.79 Å². The molecule has 10 nitrogen and oxygen atoms in total. The molecule has 0 spiro atoms. The number of amides is 3. The number of hydrogen-bond donors (Lipinski definition) is 3. The molecule has 0 aliphatic rings. The number of nitrogens with zero attached hydrogens (tertiary/aromatic N) is 1. The highest BCUT2D eigenvalue weighted by Gasteiger charge is 2.40. The fraction of sp³-hybridized carbons (Fsp3) is 0.543. The van der Waals surface area contributed by atoms with E-state index >= 15 is 0 Å². The number of carbonyl (C=O) groups excluding carboxylic acids is 4. The molecule has 10 heteroatoms. The lowest BCUT2D eigenvalue weighted by atomic mass is 9.97. The molecule has 2 aromatic rings. The van der Waals surface area contributed by atoms with E-state index in [2.05, 4.69) is 10.6 Å². The molecule has 0 radical (unpaired) electrons. The molecule has 3 atom stereocenters. The van der Waals surface area contributed by atoms with Crippen LogP contribution >= 0.6 is 0 Å². The van der Waals surface area contributed by atoms with Crippen molar-refractivity contribution in [1.29, 1.82) is 0 Å². The second-order valence-electron chi connectivity index (χ2n) is 13.5. The first-order chi connectivity index (χ1) is 20.9. The van der Waals surface area contributed by atoms with E-state index in [1.54, 1.807) is 73.6 Å². The van der Waals surface area contributed by atoms with Crippen molar-refractivity contribution >= 4 is 23.9 Å². The molecular weight excluding hydrogens is 574 g/mol. The maximum atomic E-state index is 14.3. The zero-order valence-corrected chi connectivity index (χ0v) is 28.2. The van der Waals surface area contributed by atoms with Crippen LogP contribution in [0, 0.1) is 5.92 Å². The second-order valence-corrected chi connectivity index (χ2v) is 13.5. The summed E-state index contributed by atoms with van der Waals surface area (Å²) in [5.41, 5.74) is -0.617. The first-order valence-electron chi connectivity index (χ1n) is 15.6. The molecule has 0 heterocycles. The van der Waals surface area contributed by atoms with Crippen LogP contribution < -0.4 is 10.6 Å². The van der Waals surface area contributed by atoms with Gasteiger partial charge in [0.05, 0.1) is 0 Å². The Kier molecular flexibility index (Phi) is 13.4. The van der Waals surface area contributed by atoms with Crippen LogP contribution in [0.1, 0.15) is 92.3 Å². The van der Waals surface area contributed by atoms with E-state index in [9.17, 15) is 24.3 Å². The van der Waals surface area contributed by atoms with E-state index in [-0.39, 0.29) is 30.2 Å². The Hall–Kier alpha value is -4.08. The number of alkyl carbamates (subject to hydrolysis) is 1. The number of esters is 1. The van der Waals surface area contributed by atoms with Crippen molar-refractivity contribution in [2.75, 3.05) is 6.54 Å². The zero-order chi connectivity index (χ0) is 33.9. The quantitative estimate of drug-likeness (QED) is 0.244. The third kappa shape index (κ3) is 12.1. The Bertz CT molecular complexity index is 1280. The highest BCUT2D eigenvalue weighted by Crippen LogP contribution is 2.31. The van der Waals surface area contributed by atoms with Gasteiger partial charge in [-0.25, -0.2) is 9.59 Å². The van der Waals surface area contributed by atoms with Gasteiger partial charge in [0.1, 0.15) is 35.1 Å². The van der Waals surface area contributed by atoms with Gasteiger partial charge >= 0.3 is 12.1 Å². The lowest BCUT2D eigenvalue weighted by Crippen LogP contribution is -2.56. The number of phenolic OH excluding ortho intramolecular Hbond substituents is 1. The van der Waals surface area contributed by atoms with Gasteiger partial charge in [-0.1, -0.05) is 75.7 Å². The molecule has 2 aromatic carbocycles. The summed E-state index contributed by atoms with van der Waals surface area (Å²) in [6, 6.07) is 12.0. The summed E-state index contributed by atoms with van der Waals surface area (Å²) in [6.45, 7) is 16.1. The topological polar surface area (TPSA) is 134 Å². The predicted molar refractivity (Wildman–Crippen MR) is 173 cm³/mol. The Morgan fingerprint density at radius 2 is 1.42 bits per heavy atom. The third-order valence-corrected chi connectivity index (χ3v) is 6.72. The average Bonchev–Trinajstić information content (AvgIpc) is 2.92. The molecular formula is C35H51N3O7. The Morgan fingerprint density at radius 3 is 1.96 bits per heavy atom. The number of carbonyl (C=O) groups is 4. The molecule has 0 fully saturated rings. The minimum atomic E-state index is -1.33. The summed E-state index contributed by atoms with van der Waals surface area (Å²) < 4.78 is 11.1. The van der Waals surface area contributed by atoms with Crippen LogP contribution in [-0.2, 0) is 30.3 Å². The number of rotatable bonds is 13.